The van der Waals surface area contributed by atoms with Crippen molar-refractivity contribution >= 4 is 41.5 Å². The van der Waals surface area contributed by atoms with E-state index >= 15 is 0 Å². The molecule has 0 aliphatic rings. The third-order valence-corrected chi connectivity index (χ3v) is 3.91. The number of ether oxygens (including phenoxy) is 1. The molecule has 0 radical (unpaired) electrons. The molecule has 0 atom stereocenters. The molecule has 0 saturated carbocycles. The van der Waals surface area contributed by atoms with Crippen molar-refractivity contribution in [1.29, 1.82) is 0 Å². The van der Waals surface area contributed by atoms with Gasteiger partial charge in [-0.1, -0.05) is 23.7 Å². The Morgan fingerprint density at radius 3 is 2.68 bits per heavy atom. The number of hydrogen-bond acceptors (Lipinski definition) is 3. The monoisotopic (exact) mass is 474 g/mol. The topological polar surface area (TPSA) is 58.5 Å². The minimum Gasteiger partial charge on any atom is -0.497 e. The van der Waals surface area contributed by atoms with E-state index in [0.29, 0.717) is 11.6 Å². The number of aliphatic imine (C=N–C) groups is 1. The van der Waals surface area contributed by atoms with Crippen molar-refractivity contribution in [2.75, 3.05) is 20.7 Å². The third kappa shape index (κ3) is 7.07. The zero-order valence-corrected chi connectivity index (χ0v) is 17.8. The lowest BCUT2D eigenvalue weighted by molar-refractivity contribution is 0.414. The molecule has 1 heterocycles. The van der Waals surface area contributed by atoms with Gasteiger partial charge in [-0.05, 0) is 43.2 Å². The zero-order chi connectivity index (χ0) is 17.4. The summed E-state index contributed by atoms with van der Waals surface area (Å²) in [5.74, 6) is 1.50. The first kappa shape index (κ1) is 21.5. The fourth-order valence-corrected chi connectivity index (χ4v) is 2.53. The van der Waals surface area contributed by atoms with Crippen molar-refractivity contribution in [3.05, 3.63) is 58.4 Å². The quantitative estimate of drug-likeness (QED) is 0.382. The summed E-state index contributed by atoms with van der Waals surface area (Å²) in [6.07, 6.45) is 0.798. The first-order valence-corrected chi connectivity index (χ1v) is 8.19. The van der Waals surface area contributed by atoms with Crippen LogP contribution in [0.2, 0.25) is 5.02 Å². The van der Waals surface area contributed by atoms with Crippen LogP contribution in [0.1, 0.15) is 17.0 Å². The minimum absolute atomic E-state index is 0. The molecule has 7 heteroatoms. The van der Waals surface area contributed by atoms with Crippen molar-refractivity contribution in [3.63, 3.8) is 0 Å². The summed E-state index contributed by atoms with van der Waals surface area (Å²) in [5, 5.41) is 7.25. The molecule has 0 aliphatic heterocycles. The van der Waals surface area contributed by atoms with Crippen LogP contribution in [0.25, 0.3) is 0 Å². The van der Waals surface area contributed by atoms with Crippen LogP contribution in [0.15, 0.2) is 41.4 Å². The highest BCUT2D eigenvalue weighted by Crippen LogP contribution is 2.22. The van der Waals surface area contributed by atoms with Gasteiger partial charge in [0, 0.05) is 24.3 Å². The Balaban J connectivity index is 0.00000312. The second-order valence-corrected chi connectivity index (χ2v) is 5.74. The van der Waals surface area contributed by atoms with E-state index in [2.05, 4.69) is 20.6 Å². The Bertz CT molecular complexity index is 709. The fourth-order valence-electron chi connectivity index (χ4n) is 2.27. The summed E-state index contributed by atoms with van der Waals surface area (Å²) in [5.41, 5.74) is 3.06. The van der Waals surface area contributed by atoms with Gasteiger partial charge in [-0.25, -0.2) is 0 Å². The first-order chi connectivity index (χ1) is 11.6. The van der Waals surface area contributed by atoms with Gasteiger partial charge in [-0.15, -0.1) is 24.0 Å². The predicted molar refractivity (Wildman–Crippen MR) is 114 cm³/mol. The Morgan fingerprint density at radius 2 is 2.04 bits per heavy atom. The SMILES string of the molecule is CN=C(NCCc1ccc(OC)cc1Cl)NCc1cccc(C)n1.I. The highest BCUT2D eigenvalue weighted by atomic mass is 127. The molecular weight excluding hydrogens is 451 g/mol. The van der Waals surface area contributed by atoms with Crippen LogP contribution in [0, 0.1) is 6.92 Å². The maximum Gasteiger partial charge on any atom is 0.191 e. The lowest BCUT2D eigenvalue weighted by Gasteiger charge is -2.12. The molecule has 0 bridgehead atoms. The van der Waals surface area contributed by atoms with E-state index in [4.69, 9.17) is 16.3 Å². The highest BCUT2D eigenvalue weighted by Gasteiger charge is 2.04. The summed E-state index contributed by atoms with van der Waals surface area (Å²) in [4.78, 5) is 8.68. The second kappa shape index (κ2) is 11.1. The van der Waals surface area contributed by atoms with Crippen molar-refractivity contribution in [2.24, 2.45) is 4.99 Å². The summed E-state index contributed by atoms with van der Waals surface area (Å²) in [7, 11) is 3.38. The maximum absolute atomic E-state index is 6.25. The molecule has 25 heavy (non-hydrogen) atoms. The standard InChI is InChI=1S/C18H23ClN4O.HI/c1-13-5-4-6-15(23-13)12-22-18(20-2)21-10-9-14-7-8-16(24-3)11-17(14)19;/h4-8,11H,9-10,12H2,1-3H3,(H2,20,21,22);1H. The number of guanidine groups is 1. The number of hydrogen-bond donors (Lipinski definition) is 2. The lowest BCUT2D eigenvalue weighted by atomic mass is 10.1. The minimum atomic E-state index is 0. The molecular formula is C18H24ClIN4O. The van der Waals surface area contributed by atoms with Gasteiger partial charge in [0.15, 0.2) is 5.96 Å². The number of rotatable bonds is 6. The molecule has 1 aromatic heterocycles. The third-order valence-electron chi connectivity index (χ3n) is 3.55. The van der Waals surface area contributed by atoms with Crippen molar-refractivity contribution < 1.29 is 4.74 Å². The van der Waals surface area contributed by atoms with Crippen LogP contribution in [0.4, 0.5) is 0 Å². The van der Waals surface area contributed by atoms with Crippen LogP contribution in [0.5, 0.6) is 5.75 Å². The van der Waals surface area contributed by atoms with Crippen LogP contribution in [0.3, 0.4) is 0 Å². The molecule has 5 nitrogen and oxygen atoms in total. The van der Waals surface area contributed by atoms with Crippen molar-refractivity contribution in [3.8, 4) is 5.75 Å². The van der Waals surface area contributed by atoms with Gasteiger partial charge in [0.2, 0.25) is 0 Å². The van der Waals surface area contributed by atoms with Gasteiger partial charge in [-0.3, -0.25) is 9.98 Å². The number of benzene rings is 1. The van der Waals surface area contributed by atoms with E-state index in [1.165, 1.54) is 0 Å². The number of nitrogens with zero attached hydrogens (tertiary/aromatic N) is 2. The van der Waals surface area contributed by atoms with Crippen LogP contribution >= 0.6 is 35.6 Å². The lowest BCUT2D eigenvalue weighted by Crippen LogP contribution is -2.38. The number of pyridine rings is 1. The number of aromatic nitrogens is 1. The van der Waals surface area contributed by atoms with Gasteiger partial charge >= 0.3 is 0 Å². The Kier molecular flexibility index (Phi) is 9.59. The number of nitrogens with one attached hydrogen (secondary N) is 2. The molecule has 0 saturated heterocycles. The summed E-state index contributed by atoms with van der Waals surface area (Å²) in [6.45, 7) is 3.34. The molecule has 0 spiro atoms. The molecule has 136 valence electrons. The van der Waals surface area contributed by atoms with Gasteiger partial charge in [-0.2, -0.15) is 0 Å². The zero-order valence-electron chi connectivity index (χ0n) is 14.7. The highest BCUT2D eigenvalue weighted by molar-refractivity contribution is 14.0. The van der Waals surface area contributed by atoms with Gasteiger partial charge in [0.25, 0.3) is 0 Å². The van der Waals surface area contributed by atoms with E-state index in [9.17, 15) is 0 Å². The molecule has 2 rings (SSSR count). The fraction of sp³-hybridized carbons (Fsp3) is 0.333. The average molecular weight is 475 g/mol. The van der Waals surface area contributed by atoms with E-state index < -0.39 is 0 Å². The van der Waals surface area contributed by atoms with E-state index in [1.54, 1.807) is 14.2 Å². The molecule has 2 aromatic rings. The predicted octanol–water partition coefficient (Wildman–Crippen LogP) is 3.58. The summed E-state index contributed by atoms with van der Waals surface area (Å²) in [6, 6.07) is 11.7. The molecule has 2 N–H and O–H groups in total. The van der Waals surface area contributed by atoms with Crippen molar-refractivity contribution in [2.45, 2.75) is 19.9 Å². The van der Waals surface area contributed by atoms with E-state index in [-0.39, 0.29) is 24.0 Å². The van der Waals surface area contributed by atoms with Crippen LogP contribution in [-0.2, 0) is 13.0 Å². The van der Waals surface area contributed by atoms with Crippen LogP contribution < -0.4 is 15.4 Å². The Hall–Kier alpha value is -1.54. The molecule has 0 fully saturated rings. The first-order valence-electron chi connectivity index (χ1n) is 7.82. The summed E-state index contributed by atoms with van der Waals surface area (Å²) >= 11 is 6.25. The number of methoxy groups -OCH3 is 1. The van der Waals surface area contributed by atoms with Crippen LogP contribution in [-0.4, -0.2) is 31.6 Å². The number of halogens is 2. The van der Waals surface area contributed by atoms with Crippen molar-refractivity contribution in [1.82, 2.24) is 15.6 Å². The largest absolute Gasteiger partial charge is 0.497 e. The summed E-state index contributed by atoms with van der Waals surface area (Å²) < 4.78 is 5.16. The normalized spacial score (nSPS) is 10.8. The van der Waals surface area contributed by atoms with Gasteiger partial charge in [0.1, 0.15) is 5.75 Å². The smallest absolute Gasteiger partial charge is 0.191 e. The molecule has 0 aliphatic carbocycles. The Morgan fingerprint density at radius 1 is 1.24 bits per heavy atom. The number of aryl methyl sites for hydroxylation is 1. The van der Waals surface area contributed by atoms with E-state index in [1.807, 2.05) is 43.3 Å². The average Bonchev–Trinajstić information content (AvgIpc) is 2.59. The molecule has 0 unspecified atom stereocenters. The van der Waals surface area contributed by atoms with Gasteiger partial charge < -0.3 is 15.4 Å². The Labute approximate surface area is 171 Å². The molecule has 1 aromatic carbocycles. The van der Waals surface area contributed by atoms with E-state index in [0.717, 1.165) is 41.6 Å². The maximum atomic E-state index is 6.25. The molecule has 0 amide bonds. The van der Waals surface area contributed by atoms with Gasteiger partial charge in [0.05, 0.1) is 19.3 Å². The second-order valence-electron chi connectivity index (χ2n) is 5.33.